The molecule has 0 saturated carbocycles. The van der Waals surface area contributed by atoms with E-state index in [1.165, 1.54) is 16.7 Å². The van der Waals surface area contributed by atoms with E-state index in [4.69, 9.17) is 14.3 Å². The fraction of sp³-hybridized carbons (Fsp3) is 0.800. The molecule has 184 valence electrons. The number of carbonyl (C=O) groups is 4. The Labute approximate surface area is 194 Å². The predicted molar refractivity (Wildman–Crippen MR) is 121 cm³/mol. The highest BCUT2D eigenvalue weighted by molar-refractivity contribution is 8.00. The topological polar surface area (TPSA) is 153 Å². The minimum Gasteiger partial charge on any atom is -0.396 e. The van der Waals surface area contributed by atoms with Crippen LogP contribution in [0.5, 0.6) is 0 Å². The molecule has 0 aliphatic carbocycles. The van der Waals surface area contributed by atoms with Crippen LogP contribution in [0.1, 0.15) is 57.8 Å². The van der Waals surface area contributed by atoms with E-state index in [-0.39, 0.29) is 48.5 Å². The Hall–Kier alpha value is -1.10. The number of carbonyl (C=O) groups excluding carboxylic acids is 4. The van der Waals surface area contributed by atoms with E-state index in [2.05, 4.69) is 5.32 Å². The van der Waals surface area contributed by atoms with Gasteiger partial charge in [-0.25, -0.2) is 0 Å². The number of thioether (sulfide) groups is 1. The van der Waals surface area contributed by atoms with Crippen molar-refractivity contribution < 1.29 is 38.6 Å². The number of unbranched alkanes of at least 4 members (excludes halogenated alkanes) is 3. The van der Waals surface area contributed by atoms with Crippen molar-refractivity contribution in [1.82, 2.24) is 10.2 Å². The Kier molecular flexibility index (Phi) is 15.7. The van der Waals surface area contributed by atoms with Gasteiger partial charge in [0.2, 0.25) is 17.7 Å². The first-order valence-electron chi connectivity index (χ1n) is 11.0. The van der Waals surface area contributed by atoms with Crippen molar-refractivity contribution in [2.45, 2.75) is 63.0 Å². The van der Waals surface area contributed by atoms with Crippen LogP contribution in [0.2, 0.25) is 0 Å². The molecule has 2 atom stereocenters. The molecule has 2 unspecified atom stereocenters. The Bertz CT molecular complexity index is 596. The maximum atomic E-state index is 12.3. The zero-order valence-electron chi connectivity index (χ0n) is 18.3. The number of aldehydes is 1. The molecule has 0 aromatic rings. The van der Waals surface area contributed by atoms with Crippen molar-refractivity contribution in [1.29, 1.82) is 0 Å². The number of hydrogen-bond donors (Lipinski definition) is 4. The highest BCUT2D eigenvalue weighted by Crippen LogP contribution is 2.26. The second-order valence-corrected chi connectivity index (χ2v) is 9.73. The van der Waals surface area contributed by atoms with Crippen LogP contribution in [0.3, 0.4) is 0 Å². The minimum absolute atomic E-state index is 0.0433. The molecule has 1 heterocycles. The smallest absolute Gasteiger partial charge is 0.327 e. The van der Waals surface area contributed by atoms with Crippen molar-refractivity contribution >= 4 is 44.4 Å². The molecule has 4 N–H and O–H groups in total. The number of amides is 3. The van der Waals surface area contributed by atoms with E-state index in [0.29, 0.717) is 50.9 Å². The van der Waals surface area contributed by atoms with E-state index in [0.717, 1.165) is 25.5 Å². The van der Waals surface area contributed by atoms with Gasteiger partial charge >= 0.3 is 8.60 Å². The van der Waals surface area contributed by atoms with Gasteiger partial charge in [0.25, 0.3) is 0 Å². The number of aliphatic hydroxyl groups excluding tert-OH is 1. The number of likely N-dealkylation sites (tertiary alicyclic amines) is 1. The second kappa shape index (κ2) is 17.4. The van der Waals surface area contributed by atoms with Crippen LogP contribution in [0.25, 0.3) is 0 Å². The summed E-state index contributed by atoms with van der Waals surface area (Å²) in [5, 5.41) is 11.7. The molecule has 1 saturated heterocycles. The summed E-state index contributed by atoms with van der Waals surface area (Å²) in [6.45, 7) is 0.901. The number of nitrogens with one attached hydrogen (secondary N) is 1. The van der Waals surface area contributed by atoms with Gasteiger partial charge in [-0.2, -0.15) is 0 Å². The van der Waals surface area contributed by atoms with Crippen molar-refractivity contribution in [3.63, 3.8) is 0 Å². The fourth-order valence-electron chi connectivity index (χ4n) is 3.28. The van der Waals surface area contributed by atoms with Crippen LogP contribution in [0, 0.1) is 5.92 Å². The first-order chi connectivity index (χ1) is 15.4. The van der Waals surface area contributed by atoms with Crippen LogP contribution >= 0.6 is 20.4 Å². The van der Waals surface area contributed by atoms with Crippen molar-refractivity contribution in [3.05, 3.63) is 0 Å². The van der Waals surface area contributed by atoms with Gasteiger partial charge in [-0.15, -0.1) is 11.8 Å². The number of nitrogens with zero attached hydrogens (tertiary/aromatic N) is 1. The maximum absolute atomic E-state index is 12.3. The predicted octanol–water partition coefficient (Wildman–Crippen LogP) is 1.12. The third-order valence-electron chi connectivity index (χ3n) is 5.09. The van der Waals surface area contributed by atoms with Crippen LogP contribution < -0.4 is 5.32 Å². The first kappa shape index (κ1) is 28.9. The van der Waals surface area contributed by atoms with E-state index in [9.17, 15) is 24.3 Å². The molecule has 0 spiro atoms. The number of rotatable bonds is 19. The first-order valence-corrected chi connectivity index (χ1v) is 13.2. The molecule has 1 aliphatic rings. The quantitative estimate of drug-likeness (QED) is 0.0895. The normalized spacial score (nSPS) is 17.2. The van der Waals surface area contributed by atoms with Crippen LogP contribution in [-0.4, -0.2) is 81.1 Å². The monoisotopic (exact) mass is 494 g/mol. The lowest BCUT2D eigenvalue weighted by Gasteiger charge is -2.15. The number of imide groups is 1. The Balaban J connectivity index is 2.06. The summed E-state index contributed by atoms with van der Waals surface area (Å²) in [6.07, 6.45) is 6.02. The second-order valence-electron chi connectivity index (χ2n) is 7.66. The molecular formula is C20H35N2O8PS. The van der Waals surface area contributed by atoms with Gasteiger partial charge < -0.3 is 29.5 Å². The summed E-state index contributed by atoms with van der Waals surface area (Å²) < 4.78 is 4.72. The molecule has 0 aromatic carbocycles. The van der Waals surface area contributed by atoms with Gasteiger partial charge in [0.05, 0.1) is 11.9 Å². The number of hydrogen-bond acceptors (Lipinski definition) is 9. The molecular weight excluding hydrogens is 459 g/mol. The molecule has 1 aliphatic heterocycles. The summed E-state index contributed by atoms with van der Waals surface area (Å²) in [4.78, 5) is 65.3. The van der Waals surface area contributed by atoms with Gasteiger partial charge in [0, 0.05) is 50.6 Å². The standard InChI is InChI=1S/C20H35N2O8PS/c23-11-6-12-32-17-13-19(26)22(20(17)27)10-5-1-2-8-18(25)21-9-4-3-7-16(14-24)15-30-31(28)29/h11,16-17,24,28-29H,1-10,12-15H2,(H,21,25). The molecule has 0 bridgehead atoms. The van der Waals surface area contributed by atoms with Gasteiger partial charge in [-0.05, 0) is 25.7 Å². The lowest BCUT2D eigenvalue weighted by Crippen LogP contribution is -2.32. The van der Waals surface area contributed by atoms with Gasteiger partial charge in [0.15, 0.2) is 0 Å². The fourth-order valence-corrected chi connectivity index (χ4v) is 4.67. The molecule has 0 radical (unpaired) electrons. The zero-order chi connectivity index (χ0) is 23.8. The average Bonchev–Trinajstić information content (AvgIpc) is 3.02. The largest absolute Gasteiger partial charge is 0.396 e. The molecule has 3 amide bonds. The van der Waals surface area contributed by atoms with Crippen LogP contribution in [0.4, 0.5) is 0 Å². The van der Waals surface area contributed by atoms with Gasteiger partial charge in [-0.1, -0.05) is 12.8 Å². The van der Waals surface area contributed by atoms with E-state index >= 15 is 0 Å². The molecule has 1 rings (SSSR count). The Morgan fingerprint density at radius 2 is 2.03 bits per heavy atom. The van der Waals surface area contributed by atoms with Crippen molar-refractivity contribution in [2.75, 3.05) is 32.1 Å². The van der Waals surface area contributed by atoms with E-state index in [1.54, 1.807) is 0 Å². The van der Waals surface area contributed by atoms with E-state index in [1.807, 2.05) is 0 Å². The van der Waals surface area contributed by atoms with Crippen LogP contribution in [0.15, 0.2) is 0 Å². The van der Waals surface area contributed by atoms with Gasteiger partial charge in [-0.3, -0.25) is 19.3 Å². The highest BCUT2D eigenvalue weighted by atomic mass is 32.2. The third kappa shape index (κ3) is 12.2. The number of aliphatic hydroxyl groups is 1. The third-order valence-corrected chi connectivity index (χ3v) is 6.71. The zero-order valence-corrected chi connectivity index (χ0v) is 20.0. The van der Waals surface area contributed by atoms with Gasteiger partial charge in [0.1, 0.15) is 6.29 Å². The Morgan fingerprint density at radius 1 is 1.25 bits per heavy atom. The SMILES string of the molecule is O=CCCSC1CC(=O)N(CCCCCC(=O)NCCCCC(CO)COP(O)O)C1=O. The summed E-state index contributed by atoms with van der Waals surface area (Å²) >= 11 is 1.35. The molecule has 32 heavy (non-hydrogen) atoms. The summed E-state index contributed by atoms with van der Waals surface area (Å²) in [5.41, 5.74) is 0. The highest BCUT2D eigenvalue weighted by Gasteiger charge is 2.38. The lowest BCUT2D eigenvalue weighted by atomic mass is 10.0. The van der Waals surface area contributed by atoms with Crippen molar-refractivity contribution in [3.8, 4) is 0 Å². The van der Waals surface area contributed by atoms with Crippen LogP contribution in [-0.2, 0) is 23.7 Å². The molecule has 12 heteroatoms. The molecule has 1 fully saturated rings. The van der Waals surface area contributed by atoms with Crippen molar-refractivity contribution in [2.24, 2.45) is 5.92 Å². The Morgan fingerprint density at radius 3 is 2.72 bits per heavy atom. The molecule has 10 nitrogen and oxygen atoms in total. The van der Waals surface area contributed by atoms with E-state index < -0.39 is 8.60 Å². The summed E-state index contributed by atoms with van der Waals surface area (Å²) in [6, 6.07) is 0. The summed E-state index contributed by atoms with van der Waals surface area (Å²) in [7, 11) is -2.41. The molecule has 0 aromatic heterocycles. The maximum Gasteiger partial charge on any atom is 0.327 e. The summed E-state index contributed by atoms with van der Waals surface area (Å²) in [5.74, 6) is 0.000882. The lowest BCUT2D eigenvalue weighted by molar-refractivity contribution is -0.138. The average molecular weight is 495 g/mol. The minimum atomic E-state index is -2.41.